The third-order valence-electron chi connectivity index (χ3n) is 7.91. The quantitative estimate of drug-likeness (QED) is 0.397. The molecule has 2 bridgehead atoms. The van der Waals surface area contributed by atoms with Crippen LogP contribution in [0.4, 0.5) is 9.59 Å². The lowest BCUT2D eigenvalue weighted by molar-refractivity contribution is -0.0143. The van der Waals surface area contributed by atoms with Gasteiger partial charge in [0, 0.05) is 18.0 Å². The van der Waals surface area contributed by atoms with Crippen LogP contribution in [0.15, 0.2) is 48.5 Å². The molecule has 7 nitrogen and oxygen atoms in total. The predicted octanol–water partition coefficient (Wildman–Crippen LogP) is 5.59. The van der Waals surface area contributed by atoms with Gasteiger partial charge in [-0.15, -0.1) is 0 Å². The molecule has 7 heteroatoms. The Kier molecular flexibility index (Phi) is 6.84. The summed E-state index contributed by atoms with van der Waals surface area (Å²) in [4.78, 5) is 26.6. The predicted molar refractivity (Wildman–Crippen MR) is 129 cm³/mol. The Balaban J connectivity index is 1.33. The van der Waals surface area contributed by atoms with Crippen molar-refractivity contribution in [3.63, 3.8) is 0 Å². The molecule has 1 amide bonds. The third kappa shape index (κ3) is 4.68. The van der Waals surface area contributed by atoms with Crippen molar-refractivity contribution in [1.82, 2.24) is 4.90 Å². The SMILES string of the molecule is CCOC(=O)OCOc1ccc2c(c1)[C@@]13CCCC[C@H]1[C@@H](C2)N(C(=O)OCc1ccccc1)CC3. The second-order valence-corrected chi connectivity index (χ2v) is 9.67. The van der Waals surface area contributed by atoms with Gasteiger partial charge in [0.2, 0.25) is 6.79 Å². The zero-order valence-corrected chi connectivity index (χ0v) is 20.2. The van der Waals surface area contributed by atoms with Gasteiger partial charge >= 0.3 is 12.2 Å². The third-order valence-corrected chi connectivity index (χ3v) is 7.91. The van der Waals surface area contributed by atoms with E-state index >= 15 is 0 Å². The second kappa shape index (κ2) is 10.2. The molecule has 2 fully saturated rings. The molecule has 1 aliphatic heterocycles. The second-order valence-electron chi connectivity index (χ2n) is 9.67. The van der Waals surface area contributed by atoms with Crippen LogP contribution >= 0.6 is 0 Å². The molecule has 1 heterocycles. The van der Waals surface area contributed by atoms with Crippen LogP contribution in [0.2, 0.25) is 0 Å². The molecule has 3 atom stereocenters. The van der Waals surface area contributed by atoms with Gasteiger partial charge in [-0.2, -0.15) is 0 Å². The van der Waals surface area contributed by atoms with Gasteiger partial charge in [-0.25, -0.2) is 9.59 Å². The van der Waals surface area contributed by atoms with E-state index in [1.807, 2.05) is 41.3 Å². The van der Waals surface area contributed by atoms with E-state index in [0.717, 1.165) is 31.2 Å². The van der Waals surface area contributed by atoms with Crippen molar-refractivity contribution in [2.24, 2.45) is 5.92 Å². The fourth-order valence-corrected chi connectivity index (χ4v) is 6.41. The van der Waals surface area contributed by atoms with Crippen molar-refractivity contribution in [2.75, 3.05) is 19.9 Å². The van der Waals surface area contributed by atoms with E-state index < -0.39 is 6.16 Å². The smallest absolute Gasteiger partial charge is 0.457 e. The number of fused-ring (bicyclic) bond motifs is 1. The lowest BCUT2D eigenvalue weighted by Gasteiger charge is -2.58. The summed E-state index contributed by atoms with van der Waals surface area (Å²) in [6, 6.07) is 16.1. The maximum atomic E-state index is 13.2. The summed E-state index contributed by atoms with van der Waals surface area (Å²) in [6.45, 7) is 2.81. The fraction of sp³-hybridized carbons (Fsp3) is 0.500. The van der Waals surface area contributed by atoms with E-state index in [9.17, 15) is 9.59 Å². The fourth-order valence-electron chi connectivity index (χ4n) is 6.41. The topological polar surface area (TPSA) is 74.3 Å². The number of likely N-dealkylation sites (tertiary alicyclic amines) is 1. The maximum Gasteiger partial charge on any atom is 0.511 e. The standard InChI is InChI=1S/C28H33NO6/c1-2-32-27(31)35-19-34-22-12-11-21-16-25-23-10-6-7-13-28(23,24(21)17-22)14-15-29(25)26(30)33-18-20-8-4-3-5-9-20/h3-5,8-9,11-12,17,23,25H,2,6-7,10,13-16,18-19H2,1H3/t23-,25+,28+/m0/s1. The molecule has 0 N–H and O–H groups in total. The first kappa shape index (κ1) is 23.5. The zero-order valence-electron chi connectivity index (χ0n) is 20.2. The number of hydrogen-bond acceptors (Lipinski definition) is 6. The molecule has 0 spiro atoms. The summed E-state index contributed by atoms with van der Waals surface area (Å²) in [6.07, 6.45) is 5.42. The van der Waals surface area contributed by atoms with E-state index in [4.69, 9.17) is 18.9 Å². The van der Waals surface area contributed by atoms with Crippen LogP contribution in [0, 0.1) is 5.92 Å². The van der Waals surface area contributed by atoms with Crippen LogP contribution in [0.25, 0.3) is 0 Å². The van der Waals surface area contributed by atoms with Gasteiger partial charge in [0.25, 0.3) is 0 Å². The highest BCUT2D eigenvalue weighted by atomic mass is 16.8. The zero-order chi connectivity index (χ0) is 24.3. The number of amides is 1. The molecule has 2 aromatic rings. The monoisotopic (exact) mass is 479 g/mol. The van der Waals surface area contributed by atoms with Gasteiger partial charge in [0.15, 0.2) is 0 Å². The lowest BCUT2D eigenvalue weighted by Crippen LogP contribution is -2.62. The summed E-state index contributed by atoms with van der Waals surface area (Å²) in [5, 5.41) is 0. The molecular weight excluding hydrogens is 446 g/mol. The number of benzene rings is 2. The molecular formula is C28H33NO6. The van der Waals surface area contributed by atoms with Crippen molar-refractivity contribution in [3.8, 4) is 5.75 Å². The highest BCUT2D eigenvalue weighted by molar-refractivity contribution is 5.69. The first-order chi connectivity index (χ1) is 17.1. The number of hydrogen-bond donors (Lipinski definition) is 0. The first-order valence-corrected chi connectivity index (χ1v) is 12.6. The average molecular weight is 480 g/mol. The Labute approximate surface area is 206 Å². The molecule has 2 aliphatic carbocycles. The number of carbonyl (C=O) groups excluding carboxylic acids is 2. The Bertz CT molecular complexity index is 1060. The minimum absolute atomic E-state index is 0.0497. The molecule has 1 saturated carbocycles. The van der Waals surface area contributed by atoms with Gasteiger partial charge < -0.3 is 23.8 Å². The minimum atomic E-state index is -0.731. The highest BCUT2D eigenvalue weighted by Gasteiger charge is 2.55. The van der Waals surface area contributed by atoms with E-state index in [1.54, 1.807) is 6.92 Å². The summed E-state index contributed by atoms with van der Waals surface area (Å²) < 4.78 is 21.2. The van der Waals surface area contributed by atoms with Crippen molar-refractivity contribution in [3.05, 3.63) is 65.2 Å². The number of carbonyl (C=O) groups is 2. The van der Waals surface area contributed by atoms with Gasteiger partial charge in [-0.3, -0.25) is 0 Å². The van der Waals surface area contributed by atoms with Crippen LogP contribution < -0.4 is 4.74 Å². The summed E-state index contributed by atoms with van der Waals surface area (Å²) in [5.74, 6) is 1.10. The molecule has 0 unspecified atom stereocenters. The Morgan fingerprint density at radius 2 is 1.89 bits per heavy atom. The van der Waals surface area contributed by atoms with E-state index in [2.05, 4.69) is 12.1 Å². The highest BCUT2D eigenvalue weighted by Crippen LogP contribution is 2.56. The summed E-state index contributed by atoms with van der Waals surface area (Å²) in [7, 11) is 0. The minimum Gasteiger partial charge on any atom is -0.457 e. The van der Waals surface area contributed by atoms with Crippen molar-refractivity contribution < 1.29 is 28.5 Å². The van der Waals surface area contributed by atoms with Crippen molar-refractivity contribution in [1.29, 1.82) is 0 Å². The molecule has 3 aliphatic rings. The Hall–Kier alpha value is -3.22. The van der Waals surface area contributed by atoms with E-state index in [1.165, 1.54) is 24.0 Å². The summed E-state index contributed by atoms with van der Waals surface area (Å²) >= 11 is 0. The first-order valence-electron chi connectivity index (χ1n) is 12.6. The van der Waals surface area contributed by atoms with Gasteiger partial charge in [0.1, 0.15) is 12.4 Å². The normalized spacial score (nSPS) is 24.5. The molecule has 186 valence electrons. The lowest BCUT2D eigenvalue weighted by atomic mass is 9.52. The maximum absolute atomic E-state index is 13.2. The van der Waals surface area contributed by atoms with Crippen LogP contribution in [-0.2, 0) is 32.7 Å². The van der Waals surface area contributed by atoms with Crippen molar-refractivity contribution >= 4 is 12.2 Å². The molecule has 5 rings (SSSR count). The molecule has 0 aromatic heterocycles. The molecule has 0 radical (unpaired) electrons. The molecule has 35 heavy (non-hydrogen) atoms. The molecule has 1 saturated heterocycles. The van der Waals surface area contributed by atoms with Gasteiger partial charge in [-0.1, -0.05) is 49.2 Å². The van der Waals surface area contributed by atoms with Gasteiger partial charge in [-0.05, 0) is 67.3 Å². The molecule has 2 aromatic carbocycles. The number of rotatable bonds is 6. The Morgan fingerprint density at radius 1 is 1.03 bits per heavy atom. The van der Waals surface area contributed by atoms with Gasteiger partial charge in [0.05, 0.1) is 6.61 Å². The number of ether oxygens (including phenoxy) is 4. The number of piperidine rings is 1. The van der Waals surface area contributed by atoms with Crippen LogP contribution in [-0.4, -0.2) is 43.1 Å². The van der Waals surface area contributed by atoms with E-state index in [0.29, 0.717) is 24.8 Å². The van der Waals surface area contributed by atoms with Crippen LogP contribution in [0.5, 0.6) is 5.75 Å². The van der Waals surface area contributed by atoms with Crippen LogP contribution in [0.3, 0.4) is 0 Å². The van der Waals surface area contributed by atoms with E-state index in [-0.39, 0.29) is 30.9 Å². The largest absolute Gasteiger partial charge is 0.511 e. The number of nitrogens with zero attached hydrogens (tertiary/aromatic N) is 1. The Morgan fingerprint density at radius 3 is 2.71 bits per heavy atom. The average Bonchev–Trinajstić information content (AvgIpc) is 2.88. The van der Waals surface area contributed by atoms with Crippen LogP contribution in [0.1, 0.15) is 55.7 Å². The van der Waals surface area contributed by atoms with Crippen molar-refractivity contribution in [2.45, 2.75) is 63.5 Å². The summed E-state index contributed by atoms with van der Waals surface area (Å²) in [5.41, 5.74) is 3.66.